The molecule has 0 bridgehead atoms. The van der Waals surface area contributed by atoms with E-state index >= 15 is 0 Å². The fourth-order valence-corrected chi connectivity index (χ4v) is 3.35. The lowest BCUT2D eigenvalue weighted by molar-refractivity contribution is -0.387. The molecule has 3 rings (SSSR count). The molecule has 0 aliphatic carbocycles. The molecule has 0 saturated heterocycles. The summed E-state index contributed by atoms with van der Waals surface area (Å²) in [6, 6.07) is 16.6. The number of rotatable bonds is 7. The highest BCUT2D eigenvalue weighted by molar-refractivity contribution is 7.98. The molecule has 31 heavy (non-hydrogen) atoms. The van der Waals surface area contributed by atoms with Crippen LogP contribution in [0.2, 0.25) is 0 Å². The summed E-state index contributed by atoms with van der Waals surface area (Å²) < 4.78 is 13.6. The lowest BCUT2D eigenvalue weighted by Gasteiger charge is -2.09. The van der Waals surface area contributed by atoms with Gasteiger partial charge in [-0.15, -0.1) is 11.8 Å². The number of nitrogens with one attached hydrogen (secondary N) is 2. The SMILES string of the molecule is CSc1ccc(C(=O)Nc2ccc(C(=O)NCc3ccccc3F)cc2)cc1[N+](=O)[O-]. The molecule has 0 heterocycles. The third kappa shape index (κ3) is 5.46. The maximum Gasteiger partial charge on any atom is 0.283 e. The van der Waals surface area contributed by atoms with Gasteiger partial charge in [-0.05, 0) is 48.7 Å². The number of carbonyl (C=O) groups excluding carboxylic acids is 2. The number of halogens is 1. The van der Waals surface area contributed by atoms with Crippen molar-refractivity contribution in [3.8, 4) is 0 Å². The summed E-state index contributed by atoms with van der Waals surface area (Å²) in [5, 5.41) is 16.5. The Morgan fingerprint density at radius 1 is 1.00 bits per heavy atom. The Morgan fingerprint density at radius 2 is 1.68 bits per heavy atom. The van der Waals surface area contributed by atoms with Gasteiger partial charge in [0.15, 0.2) is 0 Å². The highest BCUT2D eigenvalue weighted by atomic mass is 32.2. The van der Waals surface area contributed by atoms with Gasteiger partial charge in [-0.3, -0.25) is 19.7 Å². The zero-order valence-corrected chi connectivity index (χ0v) is 17.2. The Kier molecular flexibility index (Phi) is 6.99. The van der Waals surface area contributed by atoms with E-state index in [1.807, 2.05) is 0 Å². The maximum absolute atomic E-state index is 13.6. The zero-order valence-electron chi connectivity index (χ0n) is 16.4. The molecule has 3 aromatic carbocycles. The second-order valence-corrected chi connectivity index (χ2v) is 7.30. The lowest BCUT2D eigenvalue weighted by Crippen LogP contribution is -2.23. The fraction of sp³-hybridized carbons (Fsp3) is 0.0909. The van der Waals surface area contributed by atoms with Crippen molar-refractivity contribution in [1.29, 1.82) is 0 Å². The van der Waals surface area contributed by atoms with Crippen molar-refractivity contribution in [3.05, 3.63) is 99.4 Å². The molecule has 2 N–H and O–H groups in total. The van der Waals surface area contributed by atoms with Crippen molar-refractivity contribution in [2.24, 2.45) is 0 Å². The van der Waals surface area contributed by atoms with Crippen molar-refractivity contribution in [1.82, 2.24) is 5.32 Å². The van der Waals surface area contributed by atoms with Gasteiger partial charge in [-0.2, -0.15) is 0 Å². The molecule has 2 amide bonds. The van der Waals surface area contributed by atoms with Crippen LogP contribution >= 0.6 is 11.8 Å². The van der Waals surface area contributed by atoms with Gasteiger partial charge in [0.2, 0.25) is 0 Å². The molecule has 9 heteroatoms. The minimum atomic E-state index is -0.530. The molecule has 0 atom stereocenters. The van der Waals surface area contributed by atoms with Crippen molar-refractivity contribution in [2.45, 2.75) is 11.4 Å². The van der Waals surface area contributed by atoms with Crippen molar-refractivity contribution < 1.29 is 18.9 Å². The number of hydrogen-bond donors (Lipinski definition) is 2. The van der Waals surface area contributed by atoms with Crippen LogP contribution in [0.1, 0.15) is 26.3 Å². The number of anilines is 1. The summed E-state index contributed by atoms with van der Waals surface area (Å²) >= 11 is 1.22. The highest BCUT2D eigenvalue weighted by Gasteiger charge is 2.17. The quantitative estimate of drug-likeness (QED) is 0.317. The summed E-state index contributed by atoms with van der Waals surface area (Å²) in [5.74, 6) is -1.29. The Balaban J connectivity index is 1.64. The summed E-state index contributed by atoms with van der Waals surface area (Å²) in [5.41, 5.74) is 1.15. The van der Waals surface area contributed by atoms with Gasteiger partial charge in [-0.1, -0.05) is 18.2 Å². The van der Waals surface area contributed by atoms with Crippen LogP contribution in [-0.4, -0.2) is 23.0 Å². The van der Waals surface area contributed by atoms with E-state index in [0.29, 0.717) is 21.7 Å². The van der Waals surface area contributed by atoms with Gasteiger partial charge in [0, 0.05) is 35.0 Å². The summed E-state index contributed by atoms with van der Waals surface area (Å²) in [6.07, 6.45) is 1.72. The van der Waals surface area contributed by atoms with Gasteiger partial charge in [0.1, 0.15) is 5.82 Å². The number of nitro benzene ring substituents is 1. The Morgan fingerprint density at radius 3 is 2.32 bits per heavy atom. The van der Waals surface area contributed by atoms with Gasteiger partial charge in [-0.25, -0.2) is 4.39 Å². The first-order chi connectivity index (χ1) is 14.9. The summed E-state index contributed by atoms with van der Waals surface area (Å²) in [7, 11) is 0. The van der Waals surface area contributed by atoms with Crippen LogP contribution in [0.3, 0.4) is 0 Å². The Bertz CT molecular complexity index is 1140. The van der Waals surface area contributed by atoms with Crippen LogP contribution in [-0.2, 0) is 6.54 Å². The van der Waals surface area contributed by atoms with Gasteiger partial charge < -0.3 is 10.6 Å². The molecule has 0 saturated carbocycles. The van der Waals surface area contributed by atoms with Crippen molar-refractivity contribution >= 4 is 35.0 Å². The number of benzene rings is 3. The molecular weight excluding hydrogens is 421 g/mol. The zero-order chi connectivity index (χ0) is 22.4. The first-order valence-electron chi connectivity index (χ1n) is 9.14. The topological polar surface area (TPSA) is 101 Å². The third-order valence-electron chi connectivity index (χ3n) is 4.44. The molecule has 0 unspecified atom stereocenters. The molecule has 158 valence electrons. The second-order valence-electron chi connectivity index (χ2n) is 6.45. The van der Waals surface area contributed by atoms with E-state index < -0.39 is 16.6 Å². The molecule has 0 spiro atoms. The average molecular weight is 439 g/mol. The first-order valence-corrected chi connectivity index (χ1v) is 10.4. The number of nitrogens with zero attached hydrogens (tertiary/aromatic N) is 1. The van der Waals surface area contributed by atoms with E-state index in [1.54, 1.807) is 36.6 Å². The van der Waals surface area contributed by atoms with E-state index in [9.17, 15) is 24.1 Å². The summed E-state index contributed by atoms with van der Waals surface area (Å²) in [4.78, 5) is 35.8. The van der Waals surface area contributed by atoms with Crippen LogP contribution in [0.4, 0.5) is 15.8 Å². The van der Waals surface area contributed by atoms with Gasteiger partial charge in [0.05, 0.1) is 9.82 Å². The van der Waals surface area contributed by atoms with E-state index in [-0.39, 0.29) is 23.7 Å². The van der Waals surface area contributed by atoms with Gasteiger partial charge in [0.25, 0.3) is 17.5 Å². The summed E-state index contributed by atoms with van der Waals surface area (Å²) in [6.45, 7) is 0.0504. The number of nitro groups is 1. The van der Waals surface area contributed by atoms with Crippen LogP contribution in [0.5, 0.6) is 0 Å². The van der Waals surface area contributed by atoms with Gasteiger partial charge >= 0.3 is 0 Å². The monoisotopic (exact) mass is 439 g/mol. The number of thioether (sulfide) groups is 1. The minimum absolute atomic E-state index is 0.0504. The smallest absolute Gasteiger partial charge is 0.283 e. The second kappa shape index (κ2) is 9.86. The molecule has 0 radical (unpaired) electrons. The molecule has 3 aromatic rings. The number of amides is 2. The van der Waals surface area contributed by atoms with Crippen LogP contribution < -0.4 is 10.6 Å². The van der Waals surface area contributed by atoms with E-state index in [4.69, 9.17) is 0 Å². The number of hydrogen-bond acceptors (Lipinski definition) is 5. The molecule has 7 nitrogen and oxygen atoms in total. The predicted molar refractivity (Wildman–Crippen MR) is 117 cm³/mol. The van der Waals surface area contributed by atoms with E-state index in [2.05, 4.69) is 10.6 Å². The Hall–Kier alpha value is -3.72. The van der Waals surface area contributed by atoms with Crippen molar-refractivity contribution in [2.75, 3.05) is 11.6 Å². The lowest BCUT2D eigenvalue weighted by atomic mass is 10.1. The minimum Gasteiger partial charge on any atom is -0.348 e. The molecule has 0 fully saturated rings. The average Bonchev–Trinajstić information content (AvgIpc) is 2.78. The molecule has 0 aromatic heterocycles. The fourth-order valence-electron chi connectivity index (χ4n) is 2.80. The molecule has 0 aliphatic heterocycles. The maximum atomic E-state index is 13.6. The highest BCUT2D eigenvalue weighted by Crippen LogP contribution is 2.28. The predicted octanol–water partition coefficient (Wildman–Crippen LogP) is 4.64. The van der Waals surface area contributed by atoms with Crippen LogP contribution in [0.15, 0.2) is 71.6 Å². The third-order valence-corrected chi connectivity index (χ3v) is 5.22. The Labute approximate surface area is 181 Å². The van der Waals surface area contributed by atoms with Crippen LogP contribution in [0.25, 0.3) is 0 Å². The van der Waals surface area contributed by atoms with E-state index in [1.165, 1.54) is 48.2 Å². The molecular formula is C22H18FN3O4S. The van der Waals surface area contributed by atoms with E-state index in [0.717, 1.165) is 0 Å². The first kappa shape index (κ1) is 22.0. The van der Waals surface area contributed by atoms with Crippen molar-refractivity contribution in [3.63, 3.8) is 0 Å². The normalized spacial score (nSPS) is 10.4. The standard InChI is InChI=1S/C22H18FN3O4S/c1-31-20-11-8-15(12-19(20)26(29)30)22(28)25-17-9-6-14(7-10-17)21(27)24-13-16-4-2-3-5-18(16)23/h2-12H,13H2,1H3,(H,24,27)(H,25,28). The van der Waals surface area contributed by atoms with Crippen LogP contribution in [0, 0.1) is 15.9 Å². The molecule has 0 aliphatic rings. The largest absolute Gasteiger partial charge is 0.348 e. The number of carbonyl (C=O) groups is 2.